The Bertz CT molecular complexity index is 1010. The Labute approximate surface area is 202 Å². The highest BCUT2D eigenvalue weighted by molar-refractivity contribution is 7.15. The fourth-order valence-corrected chi connectivity index (χ4v) is 5.30. The van der Waals surface area contributed by atoms with E-state index in [0.29, 0.717) is 23.8 Å². The Kier molecular flexibility index (Phi) is 7.93. The van der Waals surface area contributed by atoms with Gasteiger partial charge in [-0.05, 0) is 43.9 Å². The minimum Gasteiger partial charge on any atom is -0.353 e. The van der Waals surface area contributed by atoms with Gasteiger partial charge in [0.25, 0.3) is 11.8 Å². The molecule has 2 aliphatic rings. The predicted octanol–water partition coefficient (Wildman–Crippen LogP) is 4.14. The van der Waals surface area contributed by atoms with Gasteiger partial charge >= 0.3 is 0 Å². The first-order valence-corrected chi connectivity index (χ1v) is 12.7. The maximum atomic E-state index is 13.0. The number of halogens is 1. The van der Waals surface area contributed by atoms with Gasteiger partial charge in [-0.1, -0.05) is 54.7 Å². The minimum atomic E-state index is -0.451. The maximum absolute atomic E-state index is 13.0. The van der Waals surface area contributed by atoms with Gasteiger partial charge in [0.05, 0.1) is 5.92 Å². The summed E-state index contributed by atoms with van der Waals surface area (Å²) in [6.45, 7) is 0.927. The van der Waals surface area contributed by atoms with Crippen LogP contribution in [-0.2, 0) is 4.79 Å². The molecule has 1 atom stereocenters. The van der Waals surface area contributed by atoms with Crippen LogP contribution in [0.15, 0.2) is 24.3 Å². The van der Waals surface area contributed by atoms with Crippen LogP contribution in [-0.4, -0.2) is 52.0 Å². The van der Waals surface area contributed by atoms with Gasteiger partial charge in [0.15, 0.2) is 0 Å². The Morgan fingerprint density at radius 3 is 2.52 bits per heavy atom. The monoisotopic (exact) mass is 489 g/mol. The van der Waals surface area contributed by atoms with E-state index >= 15 is 0 Å². The van der Waals surface area contributed by atoms with Crippen LogP contribution in [0.4, 0.5) is 5.69 Å². The number of amides is 3. The molecule has 1 aliphatic heterocycles. The summed E-state index contributed by atoms with van der Waals surface area (Å²) in [6.07, 6.45) is 8.38. The van der Waals surface area contributed by atoms with Gasteiger partial charge in [-0.3, -0.25) is 14.4 Å². The zero-order valence-corrected chi connectivity index (χ0v) is 20.0. The van der Waals surface area contributed by atoms with E-state index in [0.717, 1.165) is 49.9 Å². The summed E-state index contributed by atoms with van der Waals surface area (Å²) in [7, 11) is 0. The van der Waals surface area contributed by atoms with Gasteiger partial charge in [-0.15, -0.1) is 10.2 Å². The smallest absolute Gasteiger partial charge is 0.286 e. The molecule has 2 N–H and O–H groups in total. The van der Waals surface area contributed by atoms with Crippen LogP contribution in [0, 0.1) is 5.92 Å². The predicted molar refractivity (Wildman–Crippen MR) is 128 cm³/mol. The van der Waals surface area contributed by atoms with E-state index in [4.69, 9.17) is 11.6 Å². The largest absolute Gasteiger partial charge is 0.353 e. The van der Waals surface area contributed by atoms with Crippen LogP contribution in [0.3, 0.4) is 0 Å². The molecule has 0 radical (unpaired) electrons. The number of rotatable bonds is 5. The molecule has 1 saturated carbocycles. The van der Waals surface area contributed by atoms with Gasteiger partial charge in [-0.25, -0.2) is 0 Å². The molecular formula is C23H28ClN5O3S. The normalized spacial score (nSPS) is 19.5. The topological polar surface area (TPSA) is 104 Å². The molecule has 10 heteroatoms. The molecule has 0 spiro atoms. The number of anilines is 1. The van der Waals surface area contributed by atoms with E-state index in [-0.39, 0.29) is 33.8 Å². The fourth-order valence-electron chi connectivity index (χ4n) is 4.41. The first-order valence-electron chi connectivity index (χ1n) is 11.5. The van der Waals surface area contributed by atoms with Crippen molar-refractivity contribution in [2.75, 3.05) is 18.4 Å². The first-order chi connectivity index (χ1) is 16.0. The number of aromatic nitrogens is 2. The molecule has 1 aromatic heterocycles. The lowest BCUT2D eigenvalue weighted by molar-refractivity contribution is -0.127. The molecule has 2 heterocycles. The first kappa shape index (κ1) is 23.6. The molecule has 33 heavy (non-hydrogen) atoms. The highest BCUT2D eigenvalue weighted by atomic mass is 35.5. The van der Waals surface area contributed by atoms with E-state index in [1.165, 1.54) is 12.8 Å². The second kappa shape index (κ2) is 11.1. The average Bonchev–Trinajstić information content (AvgIpc) is 3.17. The lowest BCUT2D eigenvalue weighted by Gasteiger charge is -2.32. The van der Waals surface area contributed by atoms with E-state index in [1.54, 1.807) is 29.2 Å². The molecule has 1 unspecified atom stereocenters. The molecule has 2 fully saturated rings. The molecular weight excluding hydrogens is 462 g/mol. The van der Waals surface area contributed by atoms with Crippen molar-refractivity contribution in [1.29, 1.82) is 0 Å². The quantitative estimate of drug-likeness (QED) is 0.614. The molecule has 176 valence electrons. The van der Waals surface area contributed by atoms with Crippen molar-refractivity contribution >= 4 is 46.3 Å². The van der Waals surface area contributed by atoms with Crippen molar-refractivity contribution in [3.63, 3.8) is 0 Å². The van der Waals surface area contributed by atoms with Crippen molar-refractivity contribution < 1.29 is 14.4 Å². The Morgan fingerprint density at radius 1 is 1.00 bits per heavy atom. The number of benzene rings is 1. The lowest BCUT2D eigenvalue weighted by Crippen LogP contribution is -2.47. The Hall–Kier alpha value is -2.52. The number of piperidine rings is 1. The van der Waals surface area contributed by atoms with Crippen LogP contribution in [0.5, 0.6) is 0 Å². The number of hydrogen-bond acceptors (Lipinski definition) is 6. The van der Waals surface area contributed by atoms with Crippen LogP contribution >= 0.6 is 22.9 Å². The maximum Gasteiger partial charge on any atom is 0.286 e. The zero-order chi connectivity index (χ0) is 23.2. The van der Waals surface area contributed by atoms with E-state index in [9.17, 15) is 14.4 Å². The molecule has 4 rings (SSSR count). The number of carbonyl (C=O) groups excluding carboxylic acids is 3. The van der Waals surface area contributed by atoms with Crippen molar-refractivity contribution in [3.8, 4) is 0 Å². The lowest BCUT2D eigenvalue weighted by atomic mass is 9.96. The van der Waals surface area contributed by atoms with Gasteiger partial charge < -0.3 is 15.5 Å². The Balaban J connectivity index is 1.34. The van der Waals surface area contributed by atoms with Crippen LogP contribution in [0.25, 0.3) is 0 Å². The minimum absolute atomic E-state index is 0.0400. The number of nitrogens with zero attached hydrogens (tertiary/aromatic N) is 3. The second-order valence-electron chi connectivity index (χ2n) is 8.66. The van der Waals surface area contributed by atoms with Crippen molar-refractivity contribution in [3.05, 3.63) is 39.3 Å². The third-order valence-electron chi connectivity index (χ3n) is 6.17. The van der Waals surface area contributed by atoms with E-state index < -0.39 is 5.91 Å². The zero-order valence-electron chi connectivity index (χ0n) is 18.4. The summed E-state index contributed by atoms with van der Waals surface area (Å²) in [5.41, 5.74) is 0.536. The van der Waals surface area contributed by atoms with Crippen molar-refractivity contribution in [2.45, 2.75) is 57.4 Å². The third kappa shape index (κ3) is 6.29. The summed E-state index contributed by atoms with van der Waals surface area (Å²) < 4.78 is 0. The SMILES string of the molecule is O=C(Nc1cccc(Cl)c1)c1nnc(C(=O)N2CCCC(C(=O)NC3CCCCCC3)C2)s1. The van der Waals surface area contributed by atoms with Crippen molar-refractivity contribution in [2.24, 2.45) is 5.92 Å². The molecule has 1 saturated heterocycles. The molecule has 3 amide bonds. The number of carbonyl (C=O) groups is 3. The van der Waals surface area contributed by atoms with E-state index in [2.05, 4.69) is 20.8 Å². The molecule has 8 nitrogen and oxygen atoms in total. The molecule has 0 bridgehead atoms. The molecule has 1 aliphatic carbocycles. The highest BCUT2D eigenvalue weighted by Gasteiger charge is 2.31. The van der Waals surface area contributed by atoms with Gasteiger partial charge in [-0.2, -0.15) is 0 Å². The van der Waals surface area contributed by atoms with Gasteiger partial charge in [0, 0.05) is 29.8 Å². The molecule has 2 aromatic rings. The van der Waals surface area contributed by atoms with Crippen molar-refractivity contribution in [1.82, 2.24) is 20.4 Å². The summed E-state index contributed by atoms with van der Waals surface area (Å²) in [4.78, 5) is 40.0. The van der Waals surface area contributed by atoms with Gasteiger partial charge in [0.1, 0.15) is 0 Å². The third-order valence-corrected chi connectivity index (χ3v) is 7.31. The van der Waals surface area contributed by atoms with Crippen LogP contribution in [0.1, 0.15) is 71.0 Å². The van der Waals surface area contributed by atoms with Gasteiger partial charge in [0.2, 0.25) is 15.9 Å². The summed E-state index contributed by atoms with van der Waals surface area (Å²) >= 11 is 6.89. The van der Waals surface area contributed by atoms with E-state index in [1.807, 2.05) is 0 Å². The molecule has 1 aromatic carbocycles. The second-order valence-corrected chi connectivity index (χ2v) is 10.1. The Morgan fingerprint density at radius 2 is 1.76 bits per heavy atom. The summed E-state index contributed by atoms with van der Waals surface area (Å²) in [5, 5.41) is 14.5. The standard InChI is InChI=1S/C23H28ClN5O3S/c24-16-8-5-11-18(13-16)26-20(31)21-27-28-22(33-21)23(32)29-12-6-7-15(14-29)19(30)25-17-9-3-1-2-4-10-17/h5,8,11,13,15,17H,1-4,6-7,9-10,12,14H2,(H,25,30)(H,26,31). The fraction of sp³-hybridized carbons (Fsp3) is 0.522. The van der Waals surface area contributed by atoms with Crippen LogP contribution < -0.4 is 10.6 Å². The summed E-state index contributed by atoms with van der Waals surface area (Å²) in [6, 6.07) is 7.02. The number of likely N-dealkylation sites (tertiary alicyclic amines) is 1. The summed E-state index contributed by atoms with van der Waals surface area (Å²) in [5.74, 6) is -0.919. The van der Waals surface area contributed by atoms with Crippen LogP contribution in [0.2, 0.25) is 5.02 Å². The highest BCUT2D eigenvalue weighted by Crippen LogP contribution is 2.23. The number of nitrogens with one attached hydrogen (secondary N) is 2. The number of hydrogen-bond donors (Lipinski definition) is 2. The average molecular weight is 490 g/mol.